The van der Waals surface area contributed by atoms with Crippen molar-refractivity contribution in [3.8, 4) is 39.5 Å². The molecular weight excluding hydrogens is 687 g/mol. The Kier molecular flexibility index (Phi) is 11.5. The molecule has 5 aromatic rings. The van der Waals surface area contributed by atoms with Crippen LogP contribution in [0.3, 0.4) is 0 Å². The largest absolute Gasteiger partial charge is 0.423 e. The minimum Gasteiger partial charge on any atom is -0.423 e. The van der Waals surface area contributed by atoms with Crippen LogP contribution in [0.25, 0.3) is 27.8 Å². The van der Waals surface area contributed by atoms with Gasteiger partial charge in [-0.3, -0.25) is 0 Å². The number of anilines is 2. The molecule has 0 amide bonds. The first-order valence-electron chi connectivity index (χ1n) is 17.8. The number of nitrogens with zero attached hydrogens (tertiary/aromatic N) is 1. The molecule has 7 heteroatoms. The maximum atomic E-state index is 12.1. The third kappa shape index (κ3) is 9.33. The Morgan fingerprint density at radius 2 is 0.855 bits per heavy atom. The van der Waals surface area contributed by atoms with E-state index in [2.05, 4.69) is 85.3 Å². The van der Waals surface area contributed by atoms with Gasteiger partial charge in [-0.05, 0) is 134 Å². The normalized spacial score (nSPS) is 12.1. The van der Waals surface area contributed by atoms with Crippen molar-refractivity contribution in [2.24, 2.45) is 0 Å². The average Bonchev–Trinajstić information content (AvgIpc) is 3.19. The Hall–Kier alpha value is -6.99. The van der Waals surface area contributed by atoms with Crippen LogP contribution in [-0.2, 0) is 14.4 Å². The van der Waals surface area contributed by atoms with E-state index in [0.717, 1.165) is 63.3 Å². The quantitative estimate of drug-likeness (QED) is 0.0719. The van der Waals surface area contributed by atoms with Crippen LogP contribution in [0.1, 0.15) is 39.2 Å². The number of esters is 3. The molecule has 0 atom stereocenters. The third-order valence-electron chi connectivity index (χ3n) is 8.88. The van der Waals surface area contributed by atoms with E-state index < -0.39 is 17.9 Å². The zero-order chi connectivity index (χ0) is 39.1. The molecule has 0 radical (unpaired) electrons. The summed E-state index contributed by atoms with van der Waals surface area (Å²) in [7, 11) is 0. The molecule has 7 nitrogen and oxygen atoms in total. The Morgan fingerprint density at radius 1 is 0.473 bits per heavy atom. The van der Waals surface area contributed by atoms with E-state index in [0.29, 0.717) is 34.0 Å². The van der Waals surface area contributed by atoms with Crippen LogP contribution in [0.15, 0.2) is 176 Å². The van der Waals surface area contributed by atoms with Gasteiger partial charge in [-0.2, -0.15) is 0 Å². The minimum atomic E-state index is -0.468. The smallest absolute Gasteiger partial charge is 0.338 e. The fourth-order valence-electron chi connectivity index (χ4n) is 5.96. The molecule has 0 saturated carbocycles. The number of hydrogen-bond donors (Lipinski definition) is 0. The SMILES string of the molecule is C=C(C)C(=O)Oc1cccc(C2=CC=C(N(c3ccc(-c4cccc(OC(=O)C(=C)C)c4)cc3)c3ccc(-c4cccc(OC(=O)C(=C)C)c4)cc3)CC2)c1. The van der Waals surface area contributed by atoms with Gasteiger partial charge < -0.3 is 19.1 Å². The number of carbonyl (C=O) groups excluding carboxylic acids is 3. The number of allylic oxidation sites excluding steroid dienone is 4. The predicted molar refractivity (Wildman–Crippen MR) is 219 cm³/mol. The second kappa shape index (κ2) is 16.8. The molecule has 6 rings (SSSR count). The van der Waals surface area contributed by atoms with Gasteiger partial charge in [0.15, 0.2) is 0 Å². The van der Waals surface area contributed by atoms with Crippen molar-refractivity contribution in [1.82, 2.24) is 0 Å². The van der Waals surface area contributed by atoms with E-state index in [1.165, 1.54) is 0 Å². The van der Waals surface area contributed by atoms with Crippen LogP contribution >= 0.6 is 0 Å². The van der Waals surface area contributed by atoms with Crippen LogP contribution in [0.2, 0.25) is 0 Å². The molecule has 0 bridgehead atoms. The summed E-state index contributed by atoms with van der Waals surface area (Å²) < 4.78 is 16.4. The molecule has 0 fully saturated rings. The van der Waals surface area contributed by atoms with Crippen LogP contribution in [0, 0.1) is 0 Å². The second-order valence-electron chi connectivity index (χ2n) is 13.4. The maximum absolute atomic E-state index is 12.1. The molecule has 0 N–H and O–H groups in total. The Balaban J connectivity index is 1.32. The number of hydrogen-bond acceptors (Lipinski definition) is 7. The molecule has 0 unspecified atom stereocenters. The van der Waals surface area contributed by atoms with Crippen molar-refractivity contribution in [2.75, 3.05) is 4.90 Å². The van der Waals surface area contributed by atoms with Gasteiger partial charge >= 0.3 is 17.9 Å². The van der Waals surface area contributed by atoms with Gasteiger partial charge in [0.25, 0.3) is 0 Å². The molecule has 1 aliphatic rings. The summed E-state index contributed by atoms with van der Waals surface area (Å²) in [5.41, 5.74) is 9.88. The summed E-state index contributed by atoms with van der Waals surface area (Å²) in [6.07, 6.45) is 5.76. The van der Waals surface area contributed by atoms with Crippen LogP contribution < -0.4 is 19.1 Å². The van der Waals surface area contributed by atoms with Crippen molar-refractivity contribution >= 4 is 34.9 Å². The first-order chi connectivity index (χ1) is 26.4. The topological polar surface area (TPSA) is 82.1 Å². The van der Waals surface area contributed by atoms with E-state index in [-0.39, 0.29) is 0 Å². The highest BCUT2D eigenvalue weighted by Gasteiger charge is 2.19. The Bertz CT molecular complexity index is 2270. The zero-order valence-corrected chi connectivity index (χ0v) is 31.1. The molecule has 0 heterocycles. The van der Waals surface area contributed by atoms with Gasteiger partial charge in [0, 0.05) is 33.8 Å². The first-order valence-corrected chi connectivity index (χ1v) is 17.8. The number of ether oxygens (including phenoxy) is 3. The summed E-state index contributed by atoms with van der Waals surface area (Å²) in [5.74, 6) is -0.0186. The van der Waals surface area contributed by atoms with Gasteiger partial charge in [0.1, 0.15) is 17.2 Å². The predicted octanol–water partition coefficient (Wildman–Crippen LogP) is 11.4. The van der Waals surface area contributed by atoms with E-state index in [9.17, 15) is 14.4 Å². The lowest BCUT2D eigenvalue weighted by Gasteiger charge is -2.30. The molecule has 0 aromatic heterocycles. The van der Waals surface area contributed by atoms with Crippen LogP contribution in [0.5, 0.6) is 17.2 Å². The van der Waals surface area contributed by atoms with E-state index in [1.807, 2.05) is 54.6 Å². The minimum absolute atomic E-state index is 0.331. The molecule has 0 aliphatic heterocycles. The van der Waals surface area contributed by atoms with Crippen molar-refractivity contribution in [3.63, 3.8) is 0 Å². The maximum Gasteiger partial charge on any atom is 0.338 e. The Labute approximate surface area is 321 Å². The van der Waals surface area contributed by atoms with Crippen molar-refractivity contribution < 1.29 is 28.6 Å². The monoisotopic (exact) mass is 727 g/mol. The van der Waals surface area contributed by atoms with Gasteiger partial charge in [-0.25, -0.2) is 14.4 Å². The standard InChI is InChI=1S/C48H41NO6/c1-31(2)46(50)53-43-13-7-10-37(28-43)34-16-22-40(23-17-34)49(41-24-18-35(19-25-41)38-11-8-14-44(29-38)54-47(51)32(3)4)42-26-20-36(21-27-42)39-12-9-15-45(30-39)55-48(52)33(5)6/h7-20,22-26,28-30H,1,3,5,21,27H2,2,4,6H3. The Morgan fingerprint density at radius 3 is 1.22 bits per heavy atom. The summed E-state index contributed by atoms with van der Waals surface area (Å²) in [5, 5.41) is 0. The molecule has 0 spiro atoms. The second-order valence-corrected chi connectivity index (χ2v) is 13.4. The highest BCUT2D eigenvalue weighted by molar-refractivity contribution is 5.90. The molecule has 5 aromatic carbocycles. The van der Waals surface area contributed by atoms with Crippen molar-refractivity contribution in [2.45, 2.75) is 33.6 Å². The van der Waals surface area contributed by atoms with Crippen LogP contribution in [0.4, 0.5) is 11.4 Å². The highest BCUT2D eigenvalue weighted by Crippen LogP contribution is 2.39. The summed E-state index contributed by atoms with van der Waals surface area (Å²) >= 11 is 0. The van der Waals surface area contributed by atoms with Gasteiger partial charge in [-0.15, -0.1) is 0 Å². The molecular formula is C48H41NO6. The van der Waals surface area contributed by atoms with Gasteiger partial charge in [-0.1, -0.05) is 86.5 Å². The van der Waals surface area contributed by atoms with Gasteiger partial charge in [0.05, 0.1) is 0 Å². The molecule has 55 heavy (non-hydrogen) atoms. The summed E-state index contributed by atoms with van der Waals surface area (Å²) in [6.45, 7) is 15.9. The van der Waals surface area contributed by atoms with E-state index in [1.54, 1.807) is 39.0 Å². The summed E-state index contributed by atoms with van der Waals surface area (Å²) in [6, 6.07) is 38.9. The van der Waals surface area contributed by atoms with Crippen LogP contribution in [-0.4, -0.2) is 17.9 Å². The zero-order valence-electron chi connectivity index (χ0n) is 31.1. The highest BCUT2D eigenvalue weighted by atomic mass is 16.5. The fraction of sp³-hybridized carbons (Fsp3) is 0.104. The molecule has 1 aliphatic carbocycles. The molecule has 274 valence electrons. The number of carbonyl (C=O) groups is 3. The van der Waals surface area contributed by atoms with Gasteiger partial charge in [0.2, 0.25) is 0 Å². The summed E-state index contributed by atoms with van der Waals surface area (Å²) in [4.78, 5) is 38.7. The molecule has 0 saturated heterocycles. The fourth-order valence-corrected chi connectivity index (χ4v) is 5.96. The van der Waals surface area contributed by atoms with Crippen molar-refractivity contribution in [3.05, 3.63) is 181 Å². The number of benzene rings is 5. The lowest BCUT2D eigenvalue weighted by atomic mass is 9.94. The number of rotatable bonds is 12. The van der Waals surface area contributed by atoms with E-state index >= 15 is 0 Å². The first kappa shape index (κ1) is 37.8. The lowest BCUT2D eigenvalue weighted by molar-refractivity contribution is -0.130. The lowest BCUT2D eigenvalue weighted by Crippen LogP contribution is -2.17. The third-order valence-corrected chi connectivity index (χ3v) is 8.88. The average molecular weight is 728 g/mol. The van der Waals surface area contributed by atoms with Crippen molar-refractivity contribution in [1.29, 1.82) is 0 Å². The van der Waals surface area contributed by atoms with E-state index in [4.69, 9.17) is 14.2 Å².